The first-order valence-corrected chi connectivity index (χ1v) is 10.2. The number of thioether (sulfide) groups is 1. The van der Waals surface area contributed by atoms with Crippen LogP contribution in [0.2, 0.25) is 0 Å². The molecule has 4 rings (SSSR count). The Balaban J connectivity index is 1.59. The molecule has 0 saturated carbocycles. The predicted octanol–water partition coefficient (Wildman–Crippen LogP) is 2.25. The first-order valence-electron chi connectivity index (χ1n) is 8.83. The standard InChI is InChI=1S/C19H19N5O3S/c1-28-11-9-13(18-22-21-16-8-4-5-10-23(16)18)20-17(25)12-24-14-6-2-3-7-15(14)27-19(24)26/h2-8,10,13H,9,11-12H2,1H3,(H,20,25). The summed E-state index contributed by atoms with van der Waals surface area (Å²) < 4.78 is 8.39. The van der Waals surface area contributed by atoms with Gasteiger partial charge in [0.15, 0.2) is 17.1 Å². The molecule has 0 aliphatic carbocycles. The van der Waals surface area contributed by atoms with Crippen molar-refractivity contribution in [1.82, 2.24) is 24.5 Å². The Bertz CT molecular complexity index is 1180. The number of rotatable bonds is 7. The van der Waals surface area contributed by atoms with Crippen molar-refractivity contribution in [3.8, 4) is 0 Å². The van der Waals surface area contributed by atoms with E-state index in [0.717, 1.165) is 11.4 Å². The third-order valence-corrected chi connectivity index (χ3v) is 5.12. The van der Waals surface area contributed by atoms with Crippen LogP contribution in [0.5, 0.6) is 0 Å². The highest BCUT2D eigenvalue weighted by atomic mass is 32.2. The van der Waals surface area contributed by atoms with Crippen LogP contribution in [0.25, 0.3) is 16.7 Å². The third-order valence-electron chi connectivity index (χ3n) is 4.47. The second-order valence-corrected chi connectivity index (χ2v) is 7.30. The van der Waals surface area contributed by atoms with Crippen molar-refractivity contribution in [2.24, 2.45) is 0 Å². The van der Waals surface area contributed by atoms with E-state index in [-0.39, 0.29) is 18.5 Å². The summed E-state index contributed by atoms with van der Waals surface area (Å²) in [7, 11) is 0. The summed E-state index contributed by atoms with van der Waals surface area (Å²) in [5, 5.41) is 11.4. The van der Waals surface area contributed by atoms with Gasteiger partial charge in [-0.15, -0.1) is 10.2 Å². The van der Waals surface area contributed by atoms with Crippen LogP contribution in [0.3, 0.4) is 0 Å². The Kier molecular flexibility index (Phi) is 5.16. The van der Waals surface area contributed by atoms with Gasteiger partial charge in [0, 0.05) is 6.20 Å². The number of amides is 1. The molecule has 0 bridgehead atoms. The van der Waals surface area contributed by atoms with Gasteiger partial charge in [-0.05, 0) is 42.7 Å². The monoisotopic (exact) mass is 397 g/mol. The zero-order valence-corrected chi connectivity index (χ0v) is 16.1. The summed E-state index contributed by atoms with van der Waals surface area (Å²) in [4.78, 5) is 24.9. The molecule has 1 amide bonds. The van der Waals surface area contributed by atoms with Crippen LogP contribution in [0.4, 0.5) is 0 Å². The van der Waals surface area contributed by atoms with Gasteiger partial charge in [0.1, 0.15) is 6.54 Å². The summed E-state index contributed by atoms with van der Waals surface area (Å²) in [6.07, 6.45) is 4.58. The molecular formula is C19H19N5O3S. The van der Waals surface area contributed by atoms with Gasteiger partial charge in [0.25, 0.3) is 0 Å². The lowest BCUT2D eigenvalue weighted by atomic mass is 10.2. The van der Waals surface area contributed by atoms with Crippen molar-refractivity contribution < 1.29 is 9.21 Å². The van der Waals surface area contributed by atoms with Crippen LogP contribution in [0.1, 0.15) is 18.3 Å². The van der Waals surface area contributed by atoms with E-state index >= 15 is 0 Å². The smallest absolute Gasteiger partial charge is 0.408 e. The van der Waals surface area contributed by atoms with Crippen molar-refractivity contribution >= 4 is 34.4 Å². The van der Waals surface area contributed by atoms with Gasteiger partial charge in [0.05, 0.1) is 11.6 Å². The lowest BCUT2D eigenvalue weighted by Gasteiger charge is -2.17. The molecule has 3 heterocycles. The number of fused-ring (bicyclic) bond motifs is 2. The fourth-order valence-corrected chi connectivity index (χ4v) is 3.62. The number of para-hydroxylation sites is 2. The van der Waals surface area contributed by atoms with E-state index in [1.54, 1.807) is 36.0 Å². The minimum Gasteiger partial charge on any atom is -0.408 e. The second-order valence-electron chi connectivity index (χ2n) is 6.31. The highest BCUT2D eigenvalue weighted by Crippen LogP contribution is 2.18. The fourth-order valence-electron chi connectivity index (χ4n) is 3.15. The third kappa shape index (κ3) is 3.53. The Morgan fingerprint density at radius 1 is 1.21 bits per heavy atom. The predicted molar refractivity (Wildman–Crippen MR) is 107 cm³/mol. The average molecular weight is 397 g/mol. The molecule has 4 aromatic rings. The molecule has 0 saturated heterocycles. The molecule has 1 unspecified atom stereocenters. The number of nitrogens with one attached hydrogen (secondary N) is 1. The lowest BCUT2D eigenvalue weighted by molar-refractivity contribution is -0.122. The van der Waals surface area contributed by atoms with E-state index in [4.69, 9.17) is 4.42 Å². The lowest BCUT2D eigenvalue weighted by Crippen LogP contribution is -2.34. The SMILES string of the molecule is CSCCC(NC(=O)Cn1c(=O)oc2ccccc21)c1nnc2ccccn12. The van der Waals surface area contributed by atoms with E-state index in [1.165, 1.54) is 4.57 Å². The molecule has 28 heavy (non-hydrogen) atoms. The Morgan fingerprint density at radius 3 is 2.89 bits per heavy atom. The molecule has 8 nitrogen and oxygen atoms in total. The molecule has 0 fully saturated rings. The van der Waals surface area contributed by atoms with Gasteiger partial charge in [-0.2, -0.15) is 11.8 Å². The first kappa shape index (κ1) is 18.3. The van der Waals surface area contributed by atoms with E-state index < -0.39 is 5.76 Å². The van der Waals surface area contributed by atoms with Gasteiger partial charge in [0.2, 0.25) is 5.91 Å². The molecule has 9 heteroatoms. The minimum absolute atomic E-state index is 0.123. The summed E-state index contributed by atoms with van der Waals surface area (Å²) in [5.74, 6) is 0.682. The summed E-state index contributed by atoms with van der Waals surface area (Å²) in [6.45, 7) is -0.123. The number of carbonyl (C=O) groups is 1. The van der Waals surface area contributed by atoms with Gasteiger partial charge in [-0.1, -0.05) is 18.2 Å². The Morgan fingerprint density at radius 2 is 2.04 bits per heavy atom. The highest BCUT2D eigenvalue weighted by molar-refractivity contribution is 7.98. The van der Waals surface area contributed by atoms with Crippen molar-refractivity contribution in [2.45, 2.75) is 19.0 Å². The van der Waals surface area contributed by atoms with Crippen molar-refractivity contribution in [1.29, 1.82) is 0 Å². The molecule has 1 aromatic carbocycles. The normalized spacial score (nSPS) is 12.5. The van der Waals surface area contributed by atoms with Gasteiger partial charge in [-0.3, -0.25) is 13.8 Å². The maximum absolute atomic E-state index is 12.7. The number of oxazole rings is 1. The minimum atomic E-state index is -0.551. The fraction of sp³-hybridized carbons (Fsp3) is 0.263. The van der Waals surface area contributed by atoms with E-state index in [2.05, 4.69) is 15.5 Å². The quantitative estimate of drug-likeness (QED) is 0.514. The van der Waals surface area contributed by atoms with E-state index in [0.29, 0.717) is 23.3 Å². The van der Waals surface area contributed by atoms with Crippen molar-refractivity contribution in [3.63, 3.8) is 0 Å². The number of benzene rings is 1. The Hall–Kier alpha value is -3.07. The summed E-state index contributed by atoms with van der Waals surface area (Å²) in [6, 6.07) is 12.4. The van der Waals surface area contributed by atoms with Crippen LogP contribution in [0.15, 0.2) is 57.9 Å². The topological polar surface area (TPSA) is 94.4 Å². The first-order chi connectivity index (χ1) is 13.7. The average Bonchev–Trinajstić information content (AvgIpc) is 3.26. The molecule has 0 spiro atoms. The van der Waals surface area contributed by atoms with E-state index in [1.807, 2.05) is 35.1 Å². The number of hydrogen-bond acceptors (Lipinski definition) is 6. The number of aromatic nitrogens is 4. The number of nitrogens with zero attached hydrogens (tertiary/aromatic N) is 4. The molecule has 0 radical (unpaired) electrons. The number of carbonyl (C=O) groups excluding carboxylic acids is 1. The Labute approximate surface area is 164 Å². The maximum atomic E-state index is 12.7. The highest BCUT2D eigenvalue weighted by Gasteiger charge is 2.21. The molecule has 1 N–H and O–H groups in total. The molecule has 3 aromatic heterocycles. The largest absolute Gasteiger partial charge is 0.420 e. The van der Waals surface area contributed by atoms with E-state index in [9.17, 15) is 9.59 Å². The van der Waals surface area contributed by atoms with Crippen LogP contribution in [-0.2, 0) is 11.3 Å². The van der Waals surface area contributed by atoms with Crippen LogP contribution in [-0.4, -0.2) is 37.1 Å². The second kappa shape index (κ2) is 7.89. The zero-order chi connectivity index (χ0) is 19.5. The van der Waals surface area contributed by atoms with Gasteiger partial charge in [-0.25, -0.2) is 4.79 Å². The molecule has 1 atom stereocenters. The molecular weight excluding hydrogens is 378 g/mol. The number of pyridine rings is 1. The van der Waals surface area contributed by atoms with Crippen molar-refractivity contribution in [3.05, 3.63) is 65.0 Å². The van der Waals surface area contributed by atoms with Gasteiger partial charge < -0.3 is 9.73 Å². The molecule has 0 aliphatic heterocycles. The van der Waals surface area contributed by atoms with Crippen molar-refractivity contribution in [2.75, 3.05) is 12.0 Å². The zero-order valence-electron chi connectivity index (χ0n) is 15.2. The van der Waals surface area contributed by atoms with Crippen LogP contribution >= 0.6 is 11.8 Å². The van der Waals surface area contributed by atoms with Gasteiger partial charge >= 0.3 is 5.76 Å². The number of hydrogen-bond donors (Lipinski definition) is 1. The van der Waals surface area contributed by atoms with Crippen LogP contribution in [0, 0.1) is 0 Å². The van der Waals surface area contributed by atoms with Crippen LogP contribution < -0.4 is 11.1 Å². The maximum Gasteiger partial charge on any atom is 0.420 e. The summed E-state index contributed by atoms with van der Waals surface area (Å²) >= 11 is 1.69. The molecule has 0 aliphatic rings. The molecule has 144 valence electrons. The summed E-state index contributed by atoms with van der Waals surface area (Å²) in [5.41, 5.74) is 1.77.